The summed E-state index contributed by atoms with van der Waals surface area (Å²) in [6.07, 6.45) is 0.0277. The summed E-state index contributed by atoms with van der Waals surface area (Å²) in [5.41, 5.74) is 0.409. The third-order valence-corrected chi connectivity index (χ3v) is 3.04. The molecule has 1 aliphatic heterocycles. The van der Waals surface area contributed by atoms with Crippen molar-refractivity contribution in [1.29, 1.82) is 0 Å². The van der Waals surface area contributed by atoms with E-state index in [4.69, 9.17) is 21.1 Å². The van der Waals surface area contributed by atoms with Crippen molar-refractivity contribution in [1.82, 2.24) is 5.32 Å². The van der Waals surface area contributed by atoms with Gasteiger partial charge in [0, 0.05) is 11.6 Å². The molecule has 1 aliphatic rings. The molecular formula is C13H16ClNO4. The molecule has 2 atom stereocenters. The normalized spacial score (nSPS) is 16.0. The summed E-state index contributed by atoms with van der Waals surface area (Å²) in [7, 11) is 0. The van der Waals surface area contributed by atoms with E-state index >= 15 is 0 Å². The minimum atomic E-state index is -0.462. The summed E-state index contributed by atoms with van der Waals surface area (Å²) in [5.74, 6) is 0.685. The lowest BCUT2D eigenvalue weighted by Crippen LogP contribution is -2.34. The number of rotatable bonds is 4. The molecule has 1 amide bonds. The number of benzene rings is 1. The van der Waals surface area contributed by atoms with Crippen LogP contribution in [0.5, 0.6) is 11.5 Å². The first-order valence-corrected chi connectivity index (χ1v) is 6.43. The van der Waals surface area contributed by atoms with E-state index in [1.54, 1.807) is 19.1 Å². The topological polar surface area (TPSA) is 67.8 Å². The number of ether oxygens (including phenoxy) is 2. The zero-order valence-corrected chi connectivity index (χ0v) is 11.5. The van der Waals surface area contributed by atoms with Crippen LogP contribution in [0, 0.1) is 0 Å². The molecule has 0 spiro atoms. The Morgan fingerprint density at radius 3 is 2.89 bits per heavy atom. The maximum atomic E-state index is 12.0. The summed E-state index contributed by atoms with van der Waals surface area (Å²) in [6.45, 7) is 3.62. The predicted molar refractivity (Wildman–Crippen MR) is 70.8 cm³/mol. The number of nitrogens with one attached hydrogen (secondary N) is 1. The third kappa shape index (κ3) is 3.30. The van der Waals surface area contributed by atoms with Gasteiger partial charge in [0.2, 0.25) is 6.79 Å². The van der Waals surface area contributed by atoms with Gasteiger partial charge >= 0.3 is 0 Å². The molecule has 0 bridgehead atoms. The molecule has 2 unspecified atom stereocenters. The molecule has 2 N–H and O–H groups in total. The van der Waals surface area contributed by atoms with Crippen molar-refractivity contribution < 1.29 is 19.4 Å². The number of amides is 1. The molecule has 0 fully saturated rings. The highest BCUT2D eigenvalue weighted by Gasteiger charge is 2.21. The largest absolute Gasteiger partial charge is 0.454 e. The molecule has 0 aromatic heterocycles. The summed E-state index contributed by atoms with van der Waals surface area (Å²) >= 11 is 6.01. The summed E-state index contributed by atoms with van der Waals surface area (Å²) < 4.78 is 10.4. The van der Waals surface area contributed by atoms with Gasteiger partial charge in [0.1, 0.15) is 0 Å². The van der Waals surface area contributed by atoms with Crippen LogP contribution in [-0.4, -0.2) is 30.0 Å². The number of carbonyl (C=O) groups excluding carboxylic acids is 1. The van der Waals surface area contributed by atoms with Crippen molar-refractivity contribution >= 4 is 17.5 Å². The first-order valence-electron chi connectivity index (χ1n) is 6.05. The van der Waals surface area contributed by atoms with Crippen LogP contribution in [0.25, 0.3) is 0 Å². The maximum absolute atomic E-state index is 12.0. The molecule has 0 saturated heterocycles. The second kappa shape index (κ2) is 5.67. The van der Waals surface area contributed by atoms with Gasteiger partial charge in [-0.05, 0) is 32.4 Å². The minimum absolute atomic E-state index is 0.110. The zero-order chi connectivity index (χ0) is 14.0. The Hall–Kier alpha value is -1.46. The van der Waals surface area contributed by atoms with Crippen LogP contribution in [0.4, 0.5) is 0 Å². The lowest BCUT2D eigenvalue weighted by Gasteiger charge is -2.15. The summed E-state index contributed by atoms with van der Waals surface area (Å²) in [5, 5.41) is 12.4. The van der Waals surface area contributed by atoms with Crippen molar-refractivity contribution in [2.45, 2.75) is 32.4 Å². The van der Waals surface area contributed by atoms with Gasteiger partial charge in [0.25, 0.3) is 5.91 Å². The number of carbonyl (C=O) groups is 1. The second-order valence-corrected chi connectivity index (χ2v) is 5.06. The van der Waals surface area contributed by atoms with Crippen LogP contribution < -0.4 is 14.8 Å². The van der Waals surface area contributed by atoms with Gasteiger partial charge < -0.3 is 19.9 Å². The van der Waals surface area contributed by atoms with Gasteiger partial charge in [0.15, 0.2) is 11.5 Å². The van der Waals surface area contributed by atoms with Crippen LogP contribution >= 0.6 is 11.6 Å². The van der Waals surface area contributed by atoms with Crippen LogP contribution in [0.2, 0.25) is 5.02 Å². The van der Waals surface area contributed by atoms with Crippen LogP contribution in [0.3, 0.4) is 0 Å². The molecular weight excluding hydrogens is 270 g/mol. The van der Waals surface area contributed by atoms with Crippen molar-refractivity contribution in [3.05, 3.63) is 22.7 Å². The van der Waals surface area contributed by atoms with Crippen LogP contribution in [-0.2, 0) is 0 Å². The highest BCUT2D eigenvalue weighted by molar-refractivity contribution is 6.32. The Balaban J connectivity index is 2.10. The van der Waals surface area contributed by atoms with Crippen LogP contribution in [0.1, 0.15) is 30.6 Å². The van der Waals surface area contributed by atoms with Gasteiger partial charge in [-0.25, -0.2) is 0 Å². The van der Waals surface area contributed by atoms with Crippen molar-refractivity contribution in [3.8, 4) is 11.5 Å². The average molecular weight is 286 g/mol. The van der Waals surface area contributed by atoms with Crippen molar-refractivity contribution in [3.63, 3.8) is 0 Å². The number of hydrogen-bond donors (Lipinski definition) is 2. The average Bonchev–Trinajstić information content (AvgIpc) is 2.76. The smallest absolute Gasteiger partial charge is 0.251 e. The van der Waals surface area contributed by atoms with Crippen LogP contribution in [0.15, 0.2) is 12.1 Å². The monoisotopic (exact) mass is 285 g/mol. The Morgan fingerprint density at radius 2 is 2.21 bits per heavy atom. The van der Waals surface area contributed by atoms with Gasteiger partial charge in [-0.1, -0.05) is 11.6 Å². The van der Waals surface area contributed by atoms with E-state index in [9.17, 15) is 9.90 Å². The number of fused-ring (bicyclic) bond motifs is 1. The van der Waals surface area contributed by atoms with E-state index in [2.05, 4.69) is 5.32 Å². The fraction of sp³-hybridized carbons (Fsp3) is 0.462. The lowest BCUT2D eigenvalue weighted by molar-refractivity contribution is 0.0922. The van der Waals surface area contributed by atoms with Gasteiger partial charge in [-0.3, -0.25) is 4.79 Å². The third-order valence-electron chi connectivity index (χ3n) is 2.76. The van der Waals surface area contributed by atoms with E-state index in [1.807, 2.05) is 6.92 Å². The fourth-order valence-corrected chi connectivity index (χ4v) is 2.24. The molecule has 0 radical (unpaired) electrons. The van der Waals surface area contributed by atoms with E-state index in [0.29, 0.717) is 28.5 Å². The first kappa shape index (κ1) is 14.0. The van der Waals surface area contributed by atoms with Gasteiger partial charge in [0.05, 0.1) is 11.1 Å². The predicted octanol–water partition coefficient (Wildman–Crippen LogP) is 1.96. The molecule has 6 heteroatoms. The van der Waals surface area contributed by atoms with E-state index < -0.39 is 6.10 Å². The maximum Gasteiger partial charge on any atom is 0.251 e. The Bertz CT molecular complexity index is 490. The molecule has 0 aliphatic carbocycles. The molecule has 19 heavy (non-hydrogen) atoms. The summed E-state index contributed by atoms with van der Waals surface area (Å²) in [6, 6.07) is 3.01. The first-order chi connectivity index (χ1) is 8.97. The Labute approximate surface area is 116 Å². The number of aliphatic hydroxyl groups excluding tert-OH is 1. The zero-order valence-electron chi connectivity index (χ0n) is 10.8. The van der Waals surface area contributed by atoms with Gasteiger partial charge in [-0.15, -0.1) is 0 Å². The second-order valence-electron chi connectivity index (χ2n) is 4.65. The highest BCUT2D eigenvalue weighted by atomic mass is 35.5. The number of aliphatic hydroxyl groups is 1. The van der Waals surface area contributed by atoms with Gasteiger partial charge in [-0.2, -0.15) is 0 Å². The molecule has 1 aromatic rings. The van der Waals surface area contributed by atoms with E-state index in [0.717, 1.165) is 0 Å². The summed E-state index contributed by atoms with van der Waals surface area (Å²) in [4.78, 5) is 12.0. The molecule has 1 heterocycles. The highest BCUT2D eigenvalue weighted by Crippen LogP contribution is 2.39. The number of halogens is 1. The lowest BCUT2D eigenvalue weighted by atomic mass is 10.1. The molecule has 0 saturated carbocycles. The molecule has 2 rings (SSSR count). The minimum Gasteiger partial charge on any atom is -0.454 e. The standard InChI is InChI=1S/C13H16ClNO4/c1-7(3-8(2)16)15-13(17)9-4-10(14)12-11(5-9)18-6-19-12/h4-5,7-8,16H,3,6H2,1-2H3,(H,15,17). The SMILES string of the molecule is CC(O)CC(C)NC(=O)c1cc(Cl)c2c(c1)OCO2. The molecule has 104 valence electrons. The van der Waals surface area contributed by atoms with E-state index in [-0.39, 0.29) is 18.7 Å². The molecule has 5 nitrogen and oxygen atoms in total. The molecule has 1 aromatic carbocycles. The Kier molecular flexibility index (Phi) is 4.17. The van der Waals surface area contributed by atoms with E-state index in [1.165, 1.54) is 0 Å². The van der Waals surface area contributed by atoms with Crippen molar-refractivity contribution in [2.75, 3.05) is 6.79 Å². The van der Waals surface area contributed by atoms with Crippen molar-refractivity contribution in [2.24, 2.45) is 0 Å². The number of hydrogen-bond acceptors (Lipinski definition) is 4. The quantitative estimate of drug-likeness (QED) is 0.887. The fourth-order valence-electron chi connectivity index (χ4n) is 1.98. The Morgan fingerprint density at radius 1 is 1.47 bits per heavy atom.